The third-order valence-electron chi connectivity index (χ3n) is 12.1. The fourth-order valence-corrected chi connectivity index (χ4v) is 8.51. The minimum absolute atomic E-state index is 0.0509. The molecule has 0 unspecified atom stereocenters. The van der Waals surface area contributed by atoms with Gasteiger partial charge in [0.15, 0.2) is 5.82 Å². The quantitative estimate of drug-likeness (QED) is 0.131. The summed E-state index contributed by atoms with van der Waals surface area (Å²) in [4.78, 5) is 64.0. The number of pyridine rings is 1. The highest BCUT2D eigenvalue weighted by Gasteiger charge is 2.28. The number of urea groups is 1. The number of carbonyl (C=O) groups excluding carboxylic acids is 3. The molecule has 3 N–H and O–H groups in total. The van der Waals surface area contributed by atoms with E-state index in [1.807, 2.05) is 71.0 Å². The van der Waals surface area contributed by atoms with Crippen molar-refractivity contribution in [2.75, 3.05) is 72.4 Å². The number of hydrogen-bond donors (Lipinski definition) is 3. The first-order chi connectivity index (χ1) is 29.8. The largest absolute Gasteiger partial charge is 0.372 e. The number of anilines is 5. The van der Waals surface area contributed by atoms with E-state index < -0.39 is 5.91 Å². The predicted molar refractivity (Wildman–Crippen MR) is 239 cm³/mol. The monoisotopic (exact) mass is 840 g/mol. The van der Waals surface area contributed by atoms with E-state index >= 15 is 0 Å². The molecule has 0 radical (unpaired) electrons. The average Bonchev–Trinajstić information content (AvgIpc) is 3.77. The molecule has 2 aromatic carbocycles. The standard InChI is InChI=1S/C46H56N12O4/c1-29-25-33(7-12-36(29)30(2)50-42(60)43-53-44(54-62-43)46(4,5)6)37-26-40(48-28-47-37)51-39-14-13-38(31(3)49-39)57-23-21-55(22-24-57)27-32-15-18-56(19-16-32)34-8-10-35(11-9-34)58-20-17-41(59)52-45(58)61/h7-14,25-26,28,30,32H,15-24,27H2,1-6H3,(H,50,60)(H,52,59,61)(H,47,48,49,51)/t30-/m1/s1. The molecule has 0 bridgehead atoms. The minimum atomic E-state index is -0.412. The van der Waals surface area contributed by atoms with Crippen LogP contribution in [0.25, 0.3) is 11.3 Å². The molecular formula is C46H56N12O4. The lowest BCUT2D eigenvalue weighted by Crippen LogP contribution is -2.49. The molecule has 3 aromatic heterocycles. The molecule has 16 heteroatoms. The van der Waals surface area contributed by atoms with Crippen LogP contribution >= 0.6 is 0 Å². The maximum absolute atomic E-state index is 12.9. The summed E-state index contributed by atoms with van der Waals surface area (Å²) in [6, 6.07) is 19.6. The number of amides is 4. The van der Waals surface area contributed by atoms with Crippen molar-refractivity contribution in [1.82, 2.24) is 40.6 Å². The van der Waals surface area contributed by atoms with Crippen molar-refractivity contribution >= 4 is 46.5 Å². The van der Waals surface area contributed by atoms with E-state index in [2.05, 4.69) is 81.9 Å². The molecule has 5 aromatic rings. The number of aromatic nitrogens is 5. The number of aryl methyl sites for hydroxylation is 2. The van der Waals surface area contributed by atoms with Gasteiger partial charge < -0.3 is 25.0 Å². The Hall–Kier alpha value is -6.42. The average molecular weight is 841 g/mol. The lowest BCUT2D eigenvalue weighted by Gasteiger charge is -2.40. The maximum atomic E-state index is 12.9. The molecule has 0 spiro atoms. The molecule has 6 heterocycles. The van der Waals surface area contributed by atoms with Gasteiger partial charge in [0.05, 0.1) is 23.1 Å². The van der Waals surface area contributed by atoms with Crippen LogP contribution in [0.2, 0.25) is 0 Å². The van der Waals surface area contributed by atoms with Gasteiger partial charge in [-0.1, -0.05) is 38.1 Å². The summed E-state index contributed by atoms with van der Waals surface area (Å²) in [5, 5.41) is 12.7. The second kappa shape index (κ2) is 17.9. The SMILES string of the molecule is Cc1cc(-c2cc(Nc3ccc(N4CCN(CC5CCN(c6ccc(N7CCC(=O)NC7=O)cc6)CC5)CC4)c(C)n3)ncn2)ccc1[C@@H](C)NC(=O)c1nc(C(C)(C)C)no1. The highest BCUT2D eigenvalue weighted by Crippen LogP contribution is 2.30. The Morgan fingerprint density at radius 2 is 1.60 bits per heavy atom. The number of hydrogen-bond acceptors (Lipinski definition) is 13. The van der Waals surface area contributed by atoms with Gasteiger partial charge in [0.25, 0.3) is 0 Å². The van der Waals surface area contributed by atoms with Crippen molar-refractivity contribution in [2.24, 2.45) is 5.92 Å². The van der Waals surface area contributed by atoms with Crippen molar-refractivity contribution in [1.29, 1.82) is 0 Å². The van der Waals surface area contributed by atoms with E-state index in [1.54, 1.807) is 11.2 Å². The van der Waals surface area contributed by atoms with Crippen LogP contribution in [0.3, 0.4) is 0 Å². The van der Waals surface area contributed by atoms with Crippen LogP contribution in [0.1, 0.15) is 86.3 Å². The van der Waals surface area contributed by atoms with E-state index in [-0.39, 0.29) is 29.3 Å². The highest BCUT2D eigenvalue weighted by atomic mass is 16.5. The third-order valence-corrected chi connectivity index (χ3v) is 12.1. The van der Waals surface area contributed by atoms with Gasteiger partial charge in [-0.2, -0.15) is 4.98 Å². The van der Waals surface area contributed by atoms with Crippen molar-refractivity contribution in [3.05, 3.63) is 95.5 Å². The lowest BCUT2D eigenvalue weighted by atomic mass is 9.95. The lowest BCUT2D eigenvalue weighted by molar-refractivity contribution is -0.120. The summed E-state index contributed by atoms with van der Waals surface area (Å²) < 4.78 is 5.23. The molecule has 8 rings (SSSR count). The summed E-state index contributed by atoms with van der Waals surface area (Å²) in [6.07, 6.45) is 4.17. The first-order valence-corrected chi connectivity index (χ1v) is 21.5. The van der Waals surface area contributed by atoms with Crippen molar-refractivity contribution in [3.63, 3.8) is 0 Å². The van der Waals surface area contributed by atoms with Crippen LogP contribution < -0.4 is 30.7 Å². The van der Waals surface area contributed by atoms with Crippen molar-refractivity contribution < 1.29 is 18.9 Å². The van der Waals surface area contributed by atoms with Crippen molar-refractivity contribution in [2.45, 2.75) is 72.3 Å². The molecule has 3 fully saturated rings. The number of nitrogens with zero attached hydrogens (tertiary/aromatic N) is 9. The van der Waals surface area contributed by atoms with Gasteiger partial charge in [-0.25, -0.2) is 19.7 Å². The van der Waals surface area contributed by atoms with Crippen LogP contribution in [0.15, 0.2) is 71.5 Å². The number of carbonyl (C=O) groups is 3. The Kier molecular flexibility index (Phi) is 12.2. The Labute approximate surface area is 362 Å². The second-order valence-electron chi connectivity index (χ2n) is 17.6. The Morgan fingerprint density at radius 3 is 2.27 bits per heavy atom. The third kappa shape index (κ3) is 9.70. The molecule has 0 aliphatic carbocycles. The molecule has 3 aliphatic rings. The first-order valence-electron chi connectivity index (χ1n) is 21.5. The summed E-state index contributed by atoms with van der Waals surface area (Å²) in [5.41, 5.74) is 7.46. The fourth-order valence-electron chi connectivity index (χ4n) is 8.51. The van der Waals surface area contributed by atoms with E-state index in [9.17, 15) is 14.4 Å². The Balaban J connectivity index is 0.798. The normalized spacial score (nSPS) is 17.2. The zero-order chi connectivity index (χ0) is 43.5. The number of imide groups is 1. The zero-order valence-electron chi connectivity index (χ0n) is 36.4. The second-order valence-corrected chi connectivity index (χ2v) is 17.6. The summed E-state index contributed by atoms with van der Waals surface area (Å²) in [5.74, 6) is 1.83. The van der Waals surface area contributed by atoms with Gasteiger partial charge >= 0.3 is 17.8 Å². The minimum Gasteiger partial charge on any atom is -0.372 e. The number of piperidine rings is 1. The summed E-state index contributed by atoms with van der Waals surface area (Å²) in [6.45, 7) is 19.4. The van der Waals surface area contributed by atoms with Gasteiger partial charge in [-0.15, -0.1) is 0 Å². The molecule has 3 saturated heterocycles. The van der Waals surface area contributed by atoms with Gasteiger partial charge in [0, 0.05) is 87.2 Å². The number of benzene rings is 2. The molecular weight excluding hydrogens is 785 g/mol. The summed E-state index contributed by atoms with van der Waals surface area (Å²) in [7, 11) is 0. The van der Waals surface area contributed by atoms with Crippen molar-refractivity contribution in [3.8, 4) is 11.3 Å². The highest BCUT2D eigenvalue weighted by molar-refractivity contribution is 6.05. The Bertz CT molecular complexity index is 2410. The van der Waals surface area contributed by atoms with Crippen LogP contribution in [-0.2, 0) is 10.2 Å². The van der Waals surface area contributed by atoms with Crippen LogP contribution in [0.4, 0.5) is 33.5 Å². The van der Waals surface area contributed by atoms with Crippen LogP contribution in [0, 0.1) is 19.8 Å². The molecule has 3 aliphatic heterocycles. The van der Waals surface area contributed by atoms with Crippen LogP contribution in [0.5, 0.6) is 0 Å². The molecule has 62 heavy (non-hydrogen) atoms. The fraction of sp³-hybridized carbons (Fsp3) is 0.435. The number of piperazine rings is 1. The molecule has 324 valence electrons. The smallest absolute Gasteiger partial charge is 0.328 e. The predicted octanol–water partition coefficient (Wildman–Crippen LogP) is 6.56. The molecule has 4 amide bonds. The summed E-state index contributed by atoms with van der Waals surface area (Å²) >= 11 is 0. The maximum Gasteiger partial charge on any atom is 0.328 e. The van der Waals surface area contributed by atoms with E-state index in [1.165, 1.54) is 5.69 Å². The van der Waals surface area contributed by atoms with E-state index in [4.69, 9.17) is 9.51 Å². The molecule has 1 atom stereocenters. The van der Waals surface area contributed by atoms with E-state index in [0.717, 1.165) is 104 Å². The van der Waals surface area contributed by atoms with Gasteiger partial charge in [0.2, 0.25) is 5.91 Å². The topological polar surface area (TPSA) is 178 Å². The molecule has 0 saturated carbocycles. The zero-order valence-corrected chi connectivity index (χ0v) is 36.4. The van der Waals surface area contributed by atoms with Crippen LogP contribution in [-0.4, -0.2) is 100 Å². The number of nitrogens with one attached hydrogen (secondary N) is 3. The molecule has 16 nitrogen and oxygen atoms in total. The van der Waals surface area contributed by atoms with E-state index in [0.29, 0.717) is 30.5 Å². The van der Waals surface area contributed by atoms with Gasteiger partial charge in [-0.05, 0) is 93.1 Å². The Morgan fingerprint density at radius 1 is 0.855 bits per heavy atom. The van der Waals surface area contributed by atoms with Gasteiger partial charge in [-0.3, -0.25) is 24.7 Å². The first kappa shape index (κ1) is 42.3. The number of rotatable bonds is 11. The van der Waals surface area contributed by atoms with Gasteiger partial charge in [0.1, 0.15) is 18.0 Å².